The lowest BCUT2D eigenvalue weighted by atomic mass is 10.1. The first-order chi connectivity index (χ1) is 9.04. The van der Waals surface area contributed by atoms with Crippen LogP contribution in [0.25, 0.3) is 0 Å². The van der Waals surface area contributed by atoms with Crippen LogP contribution in [0.3, 0.4) is 0 Å². The summed E-state index contributed by atoms with van der Waals surface area (Å²) in [5, 5.41) is 5.46. The highest BCUT2D eigenvalue weighted by Gasteiger charge is 2.09. The molecule has 5 nitrogen and oxygen atoms in total. The van der Waals surface area contributed by atoms with Crippen molar-refractivity contribution >= 4 is 11.8 Å². The quantitative estimate of drug-likeness (QED) is 0.651. The van der Waals surface area contributed by atoms with Crippen molar-refractivity contribution < 1.29 is 9.59 Å². The SMILES string of the molecule is Cc1ccc(C(=O)NCCNC(=O)C(C)CN)cc1. The number of amides is 2. The molecule has 1 aromatic rings. The average Bonchev–Trinajstić information content (AvgIpc) is 2.42. The summed E-state index contributed by atoms with van der Waals surface area (Å²) in [5.41, 5.74) is 7.11. The van der Waals surface area contributed by atoms with Crippen LogP contribution in [0.1, 0.15) is 22.8 Å². The Kier molecular flexibility index (Phi) is 6.02. The number of aryl methyl sites for hydroxylation is 1. The Bertz CT molecular complexity index is 429. The highest BCUT2D eigenvalue weighted by molar-refractivity contribution is 5.94. The standard InChI is InChI=1S/C14H21N3O2/c1-10-3-5-12(6-4-10)14(19)17-8-7-16-13(18)11(2)9-15/h3-6,11H,7-9,15H2,1-2H3,(H,16,18)(H,17,19). The van der Waals surface area contributed by atoms with Crippen LogP contribution in [0.5, 0.6) is 0 Å². The van der Waals surface area contributed by atoms with E-state index in [2.05, 4.69) is 10.6 Å². The molecule has 0 heterocycles. The minimum atomic E-state index is -0.201. The first kappa shape index (κ1) is 15.2. The molecule has 1 atom stereocenters. The van der Waals surface area contributed by atoms with Crippen LogP contribution < -0.4 is 16.4 Å². The first-order valence-corrected chi connectivity index (χ1v) is 6.37. The van der Waals surface area contributed by atoms with Gasteiger partial charge in [0.25, 0.3) is 5.91 Å². The van der Waals surface area contributed by atoms with Crippen molar-refractivity contribution in [2.24, 2.45) is 11.7 Å². The van der Waals surface area contributed by atoms with Crippen LogP contribution >= 0.6 is 0 Å². The molecule has 0 radical (unpaired) electrons. The summed E-state index contributed by atoms with van der Waals surface area (Å²) in [4.78, 5) is 23.2. The molecule has 0 aromatic heterocycles. The van der Waals surface area contributed by atoms with E-state index in [0.717, 1.165) is 5.56 Å². The summed E-state index contributed by atoms with van der Waals surface area (Å²) in [5.74, 6) is -0.430. The maximum atomic E-state index is 11.7. The minimum Gasteiger partial charge on any atom is -0.354 e. The molecule has 19 heavy (non-hydrogen) atoms. The molecule has 4 N–H and O–H groups in total. The fourth-order valence-corrected chi connectivity index (χ4v) is 1.45. The van der Waals surface area contributed by atoms with Crippen molar-refractivity contribution in [3.8, 4) is 0 Å². The van der Waals surface area contributed by atoms with E-state index in [1.807, 2.05) is 19.1 Å². The van der Waals surface area contributed by atoms with Gasteiger partial charge in [0.1, 0.15) is 0 Å². The fourth-order valence-electron chi connectivity index (χ4n) is 1.45. The molecule has 1 rings (SSSR count). The van der Waals surface area contributed by atoms with E-state index in [4.69, 9.17) is 5.73 Å². The summed E-state index contributed by atoms with van der Waals surface area (Å²) in [6, 6.07) is 7.33. The molecule has 2 amide bonds. The van der Waals surface area contributed by atoms with E-state index < -0.39 is 0 Å². The molecule has 0 aliphatic rings. The van der Waals surface area contributed by atoms with Crippen molar-refractivity contribution in [3.63, 3.8) is 0 Å². The van der Waals surface area contributed by atoms with Crippen LogP contribution in [0.15, 0.2) is 24.3 Å². The predicted molar refractivity (Wildman–Crippen MR) is 74.7 cm³/mol. The largest absolute Gasteiger partial charge is 0.354 e. The van der Waals surface area contributed by atoms with E-state index >= 15 is 0 Å². The Morgan fingerprint density at radius 3 is 2.32 bits per heavy atom. The van der Waals surface area contributed by atoms with Crippen molar-refractivity contribution in [1.29, 1.82) is 0 Å². The number of rotatable bonds is 6. The van der Waals surface area contributed by atoms with Crippen molar-refractivity contribution in [2.75, 3.05) is 19.6 Å². The summed E-state index contributed by atoms with van der Waals surface area (Å²) in [7, 11) is 0. The Hall–Kier alpha value is -1.88. The maximum absolute atomic E-state index is 11.7. The molecule has 0 aliphatic heterocycles. The zero-order valence-corrected chi connectivity index (χ0v) is 11.4. The molecule has 0 bridgehead atoms. The highest BCUT2D eigenvalue weighted by atomic mass is 16.2. The van der Waals surface area contributed by atoms with Gasteiger partial charge in [-0.05, 0) is 19.1 Å². The Labute approximate surface area is 113 Å². The number of hydrogen-bond acceptors (Lipinski definition) is 3. The molecule has 104 valence electrons. The lowest BCUT2D eigenvalue weighted by Crippen LogP contribution is -2.38. The Balaban J connectivity index is 2.28. The van der Waals surface area contributed by atoms with Gasteiger partial charge in [0.05, 0.1) is 0 Å². The van der Waals surface area contributed by atoms with Crippen LogP contribution in [-0.2, 0) is 4.79 Å². The predicted octanol–water partition coefficient (Wildman–Crippen LogP) is 0.436. The number of nitrogens with one attached hydrogen (secondary N) is 2. The summed E-state index contributed by atoms with van der Waals surface area (Å²) in [6.07, 6.45) is 0. The summed E-state index contributed by atoms with van der Waals surface area (Å²) < 4.78 is 0. The highest BCUT2D eigenvalue weighted by Crippen LogP contribution is 2.02. The molecule has 0 fully saturated rings. The number of hydrogen-bond donors (Lipinski definition) is 3. The van der Waals surface area contributed by atoms with Gasteiger partial charge in [-0.3, -0.25) is 9.59 Å². The third kappa shape index (κ3) is 5.09. The number of carbonyl (C=O) groups is 2. The zero-order valence-electron chi connectivity index (χ0n) is 11.4. The van der Waals surface area contributed by atoms with Crippen LogP contribution in [0, 0.1) is 12.8 Å². The maximum Gasteiger partial charge on any atom is 0.251 e. The fraction of sp³-hybridized carbons (Fsp3) is 0.429. The second-order valence-electron chi connectivity index (χ2n) is 4.55. The van der Waals surface area contributed by atoms with Gasteiger partial charge in [-0.25, -0.2) is 0 Å². The van der Waals surface area contributed by atoms with E-state index in [0.29, 0.717) is 25.2 Å². The van der Waals surface area contributed by atoms with Crippen LogP contribution in [0.4, 0.5) is 0 Å². The topological polar surface area (TPSA) is 84.2 Å². The summed E-state index contributed by atoms with van der Waals surface area (Å²) in [6.45, 7) is 4.86. The van der Waals surface area contributed by atoms with Gasteiger partial charge in [-0.1, -0.05) is 24.6 Å². The van der Waals surface area contributed by atoms with E-state index in [1.165, 1.54) is 0 Å². The Morgan fingerprint density at radius 1 is 1.16 bits per heavy atom. The lowest BCUT2D eigenvalue weighted by Gasteiger charge is -2.10. The summed E-state index contributed by atoms with van der Waals surface area (Å²) >= 11 is 0. The second kappa shape index (κ2) is 7.53. The molecular formula is C14H21N3O2. The average molecular weight is 263 g/mol. The smallest absolute Gasteiger partial charge is 0.251 e. The van der Waals surface area contributed by atoms with Crippen LogP contribution in [-0.4, -0.2) is 31.4 Å². The number of carbonyl (C=O) groups excluding carboxylic acids is 2. The van der Waals surface area contributed by atoms with Gasteiger partial charge in [-0.15, -0.1) is 0 Å². The van der Waals surface area contributed by atoms with Gasteiger partial charge >= 0.3 is 0 Å². The monoisotopic (exact) mass is 263 g/mol. The van der Waals surface area contributed by atoms with Gasteiger partial charge < -0.3 is 16.4 Å². The molecule has 0 saturated carbocycles. The first-order valence-electron chi connectivity index (χ1n) is 6.37. The number of nitrogens with two attached hydrogens (primary N) is 1. The normalized spacial score (nSPS) is 11.7. The third-order valence-corrected chi connectivity index (χ3v) is 2.82. The molecule has 5 heteroatoms. The van der Waals surface area contributed by atoms with Gasteiger partial charge in [0.15, 0.2) is 0 Å². The van der Waals surface area contributed by atoms with Gasteiger partial charge in [0.2, 0.25) is 5.91 Å². The van der Waals surface area contributed by atoms with Gasteiger partial charge in [-0.2, -0.15) is 0 Å². The van der Waals surface area contributed by atoms with Crippen molar-refractivity contribution in [2.45, 2.75) is 13.8 Å². The van der Waals surface area contributed by atoms with Crippen LogP contribution in [0.2, 0.25) is 0 Å². The third-order valence-electron chi connectivity index (χ3n) is 2.82. The second-order valence-corrected chi connectivity index (χ2v) is 4.55. The molecule has 1 aromatic carbocycles. The van der Waals surface area contributed by atoms with Crippen molar-refractivity contribution in [1.82, 2.24) is 10.6 Å². The molecule has 0 spiro atoms. The van der Waals surface area contributed by atoms with E-state index in [-0.39, 0.29) is 17.7 Å². The van der Waals surface area contributed by atoms with Gasteiger partial charge in [0, 0.05) is 31.1 Å². The number of benzene rings is 1. The van der Waals surface area contributed by atoms with E-state index in [9.17, 15) is 9.59 Å². The van der Waals surface area contributed by atoms with E-state index in [1.54, 1.807) is 19.1 Å². The minimum absolute atomic E-state index is 0.0907. The molecular weight excluding hydrogens is 242 g/mol. The molecule has 0 saturated heterocycles. The molecule has 0 aliphatic carbocycles. The molecule has 1 unspecified atom stereocenters. The lowest BCUT2D eigenvalue weighted by molar-refractivity contribution is -0.124. The van der Waals surface area contributed by atoms with Crippen molar-refractivity contribution in [3.05, 3.63) is 35.4 Å². The Morgan fingerprint density at radius 2 is 1.74 bits per heavy atom. The zero-order chi connectivity index (χ0) is 14.3.